The Morgan fingerprint density at radius 1 is 0.897 bits per heavy atom. The lowest BCUT2D eigenvalue weighted by Gasteiger charge is -2.38. The summed E-state index contributed by atoms with van der Waals surface area (Å²) in [6, 6.07) is 14.0. The molecule has 8 nitrogen and oxygen atoms in total. The van der Waals surface area contributed by atoms with Crippen molar-refractivity contribution in [1.29, 1.82) is 0 Å². The van der Waals surface area contributed by atoms with Gasteiger partial charge in [-0.1, -0.05) is 42.5 Å². The first-order valence-corrected chi connectivity index (χ1v) is 13.8. The van der Waals surface area contributed by atoms with E-state index in [4.69, 9.17) is 0 Å². The van der Waals surface area contributed by atoms with Crippen LogP contribution in [0.25, 0.3) is 11.1 Å². The molecule has 0 aliphatic carbocycles. The molecular weight excluding hydrogens is 492 g/mol. The van der Waals surface area contributed by atoms with Crippen LogP contribution in [-0.2, 0) is 35.5 Å². The van der Waals surface area contributed by atoms with E-state index >= 15 is 0 Å². The Labute approximate surface area is 228 Å². The average Bonchev–Trinajstić information content (AvgIpc) is 3.10. The number of benzene rings is 2. The van der Waals surface area contributed by atoms with Crippen molar-refractivity contribution in [3.8, 4) is 11.1 Å². The second-order valence-corrected chi connectivity index (χ2v) is 10.6. The van der Waals surface area contributed by atoms with E-state index in [1.54, 1.807) is 11.8 Å². The highest BCUT2D eigenvalue weighted by Crippen LogP contribution is 2.24. The third-order valence-electron chi connectivity index (χ3n) is 8.41. The van der Waals surface area contributed by atoms with Crippen LogP contribution in [-0.4, -0.2) is 56.4 Å². The number of amides is 2. The van der Waals surface area contributed by atoms with Crippen LogP contribution < -0.4 is 11.2 Å². The SMILES string of the molecule is CCn1c(=O)c(-c2cccc(C)c2C)cn(CC(=O)N2CCC(N3CCc4ccccc4CC3=O)CC2)c1=O. The van der Waals surface area contributed by atoms with Crippen LogP contribution in [0.5, 0.6) is 0 Å². The molecule has 2 amide bonds. The fourth-order valence-electron chi connectivity index (χ4n) is 5.94. The minimum Gasteiger partial charge on any atom is -0.341 e. The Kier molecular flexibility index (Phi) is 7.55. The Bertz CT molecular complexity index is 1530. The van der Waals surface area contributed by atoms with Crippen molar-refractivity contribution < 1.29 is 9.59 Å². The number of hydrogen-bond donors (Lipinski definition) is 0. The summed E-state index contributed by atoms with van der Waals surface area (Å²) >= 11 is 0. The summed E-state index contributed by atoms with van der Waals surface area (Å²) in [6.45, 7) is 7.57. The molecule has 2 aliphatic rings. The van der Waals surface area contributed by atoms with Gasteiger partial charge in [-0.3, -0.25) is 23.5 Å². The number of likely N-dealkylation sites (tertiary alicyclic amines) is 1. The standard InChI is InChI=1S/C31H36N4O4/c1-4-34-30(38)27(26-11-7-8-21(2)22(26)3)19-33(31(34)39)20-29(37)32-15-13-25(14-16-32)35-17-12-23-9-5-6-10-24(23)18-28(35)36/h5-11,19,25H,4,12-18,20H2,1-3H3. The van der Waals surface area contributed by atoms with Gasteiger partial charge in [0.15, 0.2) is 0 Å². The van der Waals surface area contributed by atoms with Gasteiger partial charge >= 0.3 is 5.69 Å². The molecule has 0 radical (unpaired) electrons. The van der Waals surface area contributed by atoms with E-state index in [1.165, 1.54) is 20.9 Å². The second kappa shape index (κ2) is 11.0. The third kappa shape index (κ3) is 5.20. The van der Waals surface area contributed by atoms with Gasteiger partial charge in [-0.05, 0) is 67.9 Å². The van der Waals surface area contributed by atoms with Crippen LogP contribution in [0.3, 0.4) is 0 Å². The first-order chi connectivity index (χ1) is 18.8. The largest absolute Gasteiger partial charge is 0.341 e. The summed E-state index contributed by atoms with van der Waals surface area (Å²) in [6.07, 6.45) is 4.24. The van der Waals surface area contributed by atoms with E-state index in [-0.39, 0.29) is 36.5 Å². The minimum absolute atomic E-state index is 0.108. The number of carbonyl (C=O) groups is 2. The molecular formula is C31H36N4O4. The molecule has 0 bridgehead atoms. The molecule has 0 N–H and O–H groups in total. The summed E-state index contributed by atoms with van der Waals surface area (Å²) in [5.74, 6) is -0.00422. The Morgan fingerprint density at radius 2 is 1.62 bits per heavy atom. The fraction of sp³-hybridized carbons (Fsp3) is 0.419. The maximum Gasteiger partial charge on any atom is 0.331 e. The lowest BCUT2D eigenvalue weighted by Crippen LogP contribution is -2.50. The predicted molar refractivity (Wildman–Crippen MR) is 151 cm³/mol. The monoisotopic (exact) mass is 528 g/mol. The first-order valence-electron chi connectivity index (χ1n) is 13.8. The molecule has 8 heteroatoms. The van der Waals surface area contributed by atoms with E-state index < -0.39 is 5.69 Å². The Morgan fingerprint density at radius 3 is 2.33 bits per heavy atom. The molecule has 1 saturated heterocycles. The summed E-state index contributed by atoms with van der Waals surface area (Å²) in [5.41, 5.74) is 4.75. The third-order valence-corrected chi connectivity index (χ3v) is 8.41. The van der Waals surface area contributed by atoms with E-state index in [0.717, 1.165) is 28.7 Å². The molecule has 1 fully saturated rings. The van der Waals surface area contributed by atoms with E-state index in [0.29, 0.717) is 44.5 Å². The molecule has 0 atom stereocenters. The predicted octanol–water partition coefficient (Wildman–Crippen LogP) is 2.93. The molecule has 2 aliphatic heterocycles. The molecule has 0 saturated carbocycles. The van der Waals surface area contributed by atoms with Gasteiger partial charge in [-0.15, -0.1) is 0 Å². The normalized spacial score (nSPS) is 16.2. The minimum atomic E-state index is -0.477. The van der Waals surface area contributed by atoms with Crippen LogP contribution in [0.15, 0.2) is 58.3 Å². The van der Waals surface area contributed by atoms with Gasteiger partial charge < -0.3 is 9.80 Å². The zero-order valence-corrected chi connectivity index (χ0v) is 23.0. The quantitative estimate of drug-likeness (QED) is 0.510. The number of carbonyl (C=O) groups excluding carboxylic acids is 2. The second-order valence-electron chi connectivity index (χ2n) is 10.6. The molecule has 2 aromatic carbocycles. The first kappa shape index (κ1) is 26.7. The molecule has 5 rings (SSSR count). The number of fused-ring (bicyclic) bond motifs is 1. The number of aryl methyl sites for hydroxylation is 1. The van der Waals surface area contributed by atoms with Crippen molar-refractivity contribution in [2.24, 2.45) is 0 Å². The number of nitrogens with zero attached hydrogens (tertiary/aromatic N) is 4. The van der Waals surface area contributed by atoms with Gasteiger partial charge in [0.2, 0.25) is 11.8 Å². The molecule has 0 spiro atoms. The van der Waals surface area contributed by atoms with E-state index in [2.05, 4.69) is 6.07 Å². The van der Waals surface area contributed by atoms with Crippen LogP contribution in [0, 0.1) is 13.8 Å². The number of rotatable bonds is 5. The fourth-order valence-corrected chi connectivity index (χ4v) is 5.94. The van der Waals surface area contributed by atoms with Crippen molar-refractivity contribution in [2.75, 3.05) is 19.6 Å². The molecule has 3 aromatic rings. The average molecular weight is 529 g/mol. The van der Waals surface area contributed by atoms with Crippen molar-refractivity contribution >= 4 is 11.8 Å². The van der Waals surface area contributed by atoms with Crippen LogP contribution in [0.1, 0.15) is 42.0 Å². The van der Waals surface area contributed by atoms with Crippen LogP contribution in [0.4, 0.5) is 0 Å². The van der Waals surface area contributed by atoms with Gasteiger partial charge in [-0.25, -0.2) is 4.79 Å². The van der Waals surface area contributed by atoms with E-state index in [9.17, 15) is 19.2 Å². The van der Waals surface area contributed by atoms with Crippen molar-refractivity contribution in [3.63, 3.8) is 0 Å². The zero-order valence-electron chi connectivity index (χ0n) is 23.0. The van der Waals surface area contributed by atoms with Crippen LogP contribution in [0.2, 0.25) is 0 Å². The molecule has 0 unspecified atom stereocenters. The molecule has 39 heavy (non-hydrogen) atoms. The highest BCUT2D eigenvalue weighted by atomic mass is 16.2. The van der Waals surface area contributed by atoms with Crippen molar-refractivity contribution in [3.05, 3.63) is 91.8 Å². The zero-order chi connectivity index (χ0) is 27.7. The van der Waals surface area contributed by atoms with Crippen molar-refractivity contribution in [1.82, 2.24) is 18.9 Å². The summed E-state index contributed by atoms with van der Waals surface area (Å²) in [5, 5.41) is 0. The smallest absolute Gasteiger partial charge is 0.331 e. The maximum atomic E-state index is 13.3. The van der Waals surface area contributed by atoms with Gasteiger partial charge in [0, 0.05) is 38.4 Å². The highest BCUT2D eigenvalue weighted by Gasteiger charge is 2.31. The van der Waals surface area contributed by atoms with E-state index in [1.807, 2.05) is 55.1 Å². The van der Waals surface area contributed by atoms with Crippen LogP contribution >= 0.6 is 0 Å². The molecule has 204 valence electrons. The lowest BCUT2D eigenvalue weighted by atomic mass is 9.99. The Balaban J connectivity index is 1.30. The maximum absolute atomic E-state index is 13.3. The van der Waals surface area contributed by atoms with Gasteiger partial charge in [0.25, 0.3) is 5.56 Å². The summed E-state index contributed by atoms with van der Waals surface area (Å²) in [7, 11) is 0. The summed E-state index contributed by atoms with van der Waals surface area (Å²) < 4.78 is 2.56. The topological polar surface area (TPSA) is 84.6 Å². The van der Waals surface area contributed by atoms with Crippen molar-refractivity contribution in [2.45, 2.75) is 65.6 Å². The Hall–Kier alpha value is -3.94. The van der Waals surface area contributed by atoms with Gasteiger partial charge in [0.1, 0.15) is 6.54 Å². The highest BCUT2D eigenvalue weighted by molar-refractivity contribution is 5.80. The molecule has 1 aromatic heterocycles. The van der Waals surface area contributed by atoms with Gasteiger partial charge in [0.05, 0.1) is 12.0 Å². The lowest BCUT2D eigenvalue weighted by molar-refractivity contribution is -0.136. The number of hydrogen-bond acceptors (Lipinski definition) is 4. The number of piperidine rings is 1. The molecule has 3 heterocycles. The summed E-state index contributed by atoms with van der Waals surface area (Å²) in [4.78, 5) is 56.4. The van der Waals surface area contributed by atoms with Gasteiger partial charge in [-0.2, -0.15) is 0 Å². The number of aromatic nitrogens is 2.